The van der Waals surface area contributed by atoms with Crippen molar-refractivity contribution >= 4 is 17.7 Å². The quantitative estimate of drug-likeness (QED) is 0.495. The van der Waals surface area contributed by atoms with E-state index in [9.17, 15) is 14.4 Å². The average Bonchev–Trinajstić information content (AvgIpc) is 3.24. The van der Waals surface area contributed by atoms with E-state index in [0.29, 0.717) is 25.4 Å². The summed E-state index contributed by atoms with van der Waals surface area (Å²) in [4.78, 5) is 45.6. The number of hydrogen-bond acceptors (Lipinski definition) is 5. The topological polar surface area (TPSA) is 106 Å². The number of ether oxygens (including phenoxy) is 1. The first-order valence-electron chi connectivity index (χ1n) is 12.8. The van der Waals surface area contributed by atoms with E-state index in [1.165, 1.54) is 6.33 Å². The Balaban J connectivity index is 1.75. The fraction of sp³-hybridized carbons (Fsp3) is 0.556. The number of nitrogens with one attached hydrogen (secondary N) is 2. The molecule has 2 aromatic rings. The molecule has 1 aliphatic rings. The number of fused-ring (bicyclic) bond motifs is 1. The Kier molecular flexibility index (Phi) is 8.76. The summed E-state index contributed by atoms with van der Waals surface area (Å²) in [6.07, 6.45) is 3.11. The Hall–Kier alpha value is -3.36. The molecule has 196 valence electrons. The van der Waals surface area contributed by atoms with Gasteiger partial charge in [0, 0.05) is 19.6 Å². The molecule has 0 saturated carbocycles. The molecule has 0 radical (unpaired) electrons. The van der Waals surface area contributed by atoms with Gasteiger partial charge in [0.25, 0.3) is 11.8 Å². The lowest BCUT2D eigenvalue weighted by atomic mass is 9.93. The predicted octanol–water partition coefficient (Wildman–Crippen LogP) is 3.39. The molecule has 3 rings (SSSR count). The Morgan fingerprint density at radius 2 is 1.83 bits per heavy atom. The van der Waals surface area contributed by atoms with Crippen LogP contribution < -0.4 is 15.4 Å². The third-order valence-corrected chi connectivity index (χ3v) is 6.27. The standard InChI is InChI=1S/C27H39N5O4/c1-7-14-32-25(34)23-22(24(33)29-15-20-8-10-21(11-9-20)36-19(4)5)30-17-31(23)16-27(32,6)26(35)28-13-12-18(2)3/h8-11,17-19H,7,12-16H2,1-6H3,(H,28,35)(H,29,33)/t27-/m0/s1. The van der Waals surface area contributed by atoms with E-state index >= 15 is 0 Å². The molecule has 2 N–H and O–H groups in total. The zero-order valence-electron chi connectivity index (χ0n) is 22.3. The number of carbonyl (C=O) groups excluding carboxylic acids is 3. The molecule has 36 heavy (non-hydrogen) atoms. The van der Waals surface area contributed by atoms with Crippen molar-refractivity contribution in [3.05, 3.63) is 47.5 Å². The molecule has 0 aliphatic carbocycles. The van der Waals surface area contributed by atoms with Gasteiger partial charge in [-0.1, -0.05) is 32.9 Å². The Labute approximate surface area is 213 Å². The highest BCUT2D eigenvalue weighted by atomic mass is 16.5. The van der Waals surface area contributed by atoms with Gasteiger partial charge in [-0.25, -0.2) is 4.98 Å². The predicted molar refractivity (Wildman–Crippen MR) is 138 cm³/mol. The minimum absolute atomic E-state index is 0.0723. The first kappa shape index (κ1) is 27.2. The summed E-state index contributed by atoms with van der Waals surface area (Å²) in [5.74, 6) is 0.246. The van der Waals surface area contributed by atoms with Crippen LogP contribution in [0.15, 0.2) is 30.6 Å². The summed E-state index contributed by atoms with van der Waals surface area (Å²) in [5.41, 5.74) is 0.125. The molecular formula is C27H39N5O4. The Morgan fingerprint density at radius 1 is 1.14 bits per heavy atom. The first-order valence-corrected chi connectivity index (χ1v) is 12.8. The molecule has 0 saturated heterocycles. The smallest absolute Gasteiger partial charge is 0.273 e. The average molecular weight is 498 g/mol. The number of rotatable bonds is 11. The Morgan fingerprint density at radius 3 is 2.44 bits per heavy atom. The maximum absolute atomic E-state index is 13.6. The highest BCUT2D eigenvalue weighted by Crippen LogP contribution is 2.29. The summed E-state index contributed by atoms with van der Waals surface area (Å²) in [7, 11) is 0. The largest absolute Gasteiger partial charge is 0.491 e. The maximum Gasteiger partial charge on any atom is 0.273 e. The van der Waals surface area contributed by atoms with Crippen molar-refractivity contribution in [1.82, 2.24) is 25.1 Å². The zero-order chi connectivity index (χ0) is 26.5. The number of carbonyl (C=O) groups is 3. The van der Waals surface area contributed by atoms with Crippen molar-refractivity contribution in [2.75, 3.05) is 13.1 Å². The number of amides is 3. The van der Waals surface area contributed by atoms with E-state index in [1.807, 2.05) is 45.0 Å². The van der Waals surface area contributed by atoms with Crippen molar-refractivity contribution in [1.29, 1.82) is 0 Å². The molecule has 1 atom stereocenters. The van der Waals surface area contributed by atoms with E-state index in [1.54, 1.807) is 16.4 Å². The van der Waals surface area contributed by atoms with Crippen LogP contribution in [0.5, 0.6) is 5.75 Å². The lowest BCUT2D eigenvalue weighted by molar-refractivity contribution is -0.132. The lowest BCUT2D eigenvalue weighted by Gasteiger charge is -2.43. The molecule has 1 aromatic carbocycles. The van der Waals surface area contributed by atoms with Crippen LogP contribution in [0.1, 0.15) is 80.9 Å². The van der Waals surface area contributed by atoms with Gasteiger partial charge in [-0.2, -0.15) is 0 Å². The number of nitrogens with zero attached hydrogens (tertiary/aromatic N) is 3. The highest BCUT2D eigenvalue weighted by molar-refractivity contribution is 6.07. The van der Waals surface area contributed by atoms with Gasteiger partial charge in [-0.3, -0.25) is 14.4 Å². The van der Waals surface area contributed by atoms with Crippen LogP contribution in [0.3, 0.4) is 0 Å². The second kappa shape index (κ2) is 11.6. The van der Waals surface area contributed by atoms with Gasteiger partial charge >= 0.3 is 0 Å². The zero-order valence-corrected chi connectivity index (χ0v) is 22.3. The minimum atomic E-state index is -1.06. The molecule has 2 heterocycles. The van der Waals surface area contributed by atoms with Crippen LogP contribution in [-0.2, 0) is 17.9 Å². The summed E-state index contributed by atoms with van der Waals surface area (Å²) in [5, 5.41) is 5.85. The summed E-state index contributed by atoms with van der Waals surface area (Å²) < 4.78 is 7.28. The van der Waals surface area contributed by atoms with Gasteiger partial charge in [0.15, 0.2) is 5.69 Å². The van der Waals surface area contributed by atoms with Crippen molar-refractivity contribution in [2.45, 2.75) is 79.1 Å². The SMILES string of the molecule is CCCN1C(=O)c2c(C(=O)NCc3ccc(OC(C)C)cc3)ncn2C[C@@]1(C)C(=O)NCCC(C)C. The molecule has 0 fully saturated rings. The maximum atomic E-state index is 13.6. The van der Waals surface area contributed by atoms with E-state index in [-0.39, 0.29) is 42.4 Å². The monoisotopic (exact) mass is 497 g/mol. The van der Waals surface area contributed by atoms with Gasteiger partial charge < -0.3 is 24.8 Å². The van der Waals surface area contributed by atoms with Crippen LogP contribution in [0.4, 0.5) is 0 Å². The van der Waals surface area contributed by atoms with Crippen LogP contribution >= 0.6 is 0 Å². The fourth-order valence-corrected chi connectivity index (χ4v) is 4.32. The van der Waals surface area contributed by atoms with Crippen LogP contribution in [0, 0.1) is 5.92 Å². The highest BCUT2D eigenvalue weighted by Gasteiger charge is 2.48. The van der Waals surface area contributed by atoms with E-state index in [4.69, 9.17) is 4.74 Å². The van der Waals surface area contributed by atoms with Crippen molar-refractivity contribution in [3.8, 4) is 5.75 Å². The van der Waals surface area contributed by atoms with Crippen LogP contribution in [0.2, 0.25) is 0 Å². The van der Waals surface area contributed by atoms with Gasteiger partial charge in [0.05, 0.1) is 19.0 Å². The third kappa shape index (κ3) is 6.06. The molecule has 0 spiro atoms. The van der Waals surface area contributed by atoms with Crippen LogP contribution in [-0.4, -0.2) is 56.9 Å². The number of imidazole rings is 1. The molecule has 1 aromatic heterocycles. The second-order valence-electron chi connectivity index (χ2n) is 10.2. The van der Waals surface area contributed by atoms with Crippen LogP contribution in [0.25, 0.3) is 0 Å². The minimum Gasteiger partial charge on any atom is -0.491 e. The summed E-state index contributed by atoms with van der Waals surface area (Å²) >= 11 is 0. The van der Waals surface area contributed by atoms with Gasteiger partial charge in [-0.05, 0) is 57.2 Å². The second-order valence-corrected chi connectivity index (χ2v) is 10.2. The molecule has 0 bridgehead atoms. The fourth-order valence-electron chi connectivity index (χ4n) is 4.32. The van der Waals surface area contributed by atoms with E-state index in [0.717, 1.165) is 17.7 Å². The summed E-state index contributed by atoms with van der Waals surface area (Å²) in [6, 6.07) is 7.49. The number of benzene rings is 1. The van der Waals surface area contributed by atoms with Gasteiger partial charge in [0.2, 0.25) is 5.91 Å². The lowest BCUT2D eigenvalue weighted by Crippen LogP contribution is -2.64. The summed E-state index contributed by atoms with van der Waals surface area (Å²) in [6.45, 7) is 13.3. The van der Waals surface area contributed by atoms with Crippen molar-refractivity contribution in [3.63, 3.8) is 0 Å². The van der Waals surface area contributed by atoms with Gasteiger partial charge in [0.1, 0.15) is 17.0 Å². The van der Waals surface area contributed by atoms with Crippen molar-refractivity contribution in [2.24, 2.45) is 5.92 Å². The number of aromatic nitrogens is 2. The first-order chi connectivity index (χ1) is 17.1. The normalized spacial score (nSPS) is 17.3. The molecule has 3 amide bonds. The van der Waals surface area contributed by atoms with Crippen molar-refractivity contribution < 1.29 is 19.1 Å². The molecule has 9 heteroatoms. The number of hydrogen-bond donors (Lipinski definition) is 2. The molecular weight excluding hydrogens is 458 g/mol. The Bertz CT molecular complexity index is 1080. The van der Waals surface area contributed by atoms with E-state index < -0.39 is 11.4 Å². The van der Waals surface area contributed by atoms with Gasteiger partial charge in [-0.15, -0.1) is 0 Å². The molecule has 1 aliphatic heterocycles. The van der Waals surface area contributed by atoms with E-state index in [2.05, 4.69) is 29.5 Å². The third-order valence-electron chi connectivity index (χ3n) is 6.27. The molecule has 9 nitrogen and oxygen atoms in total. The molecule has 0 unspecified atom stereocenters.